The number of H-pyrrole nitrogens is 1. The van der Waals surface area contributed by atoms with Crippen molar-refractivity contribution in [1.29, 1.82) is 0 Å². The Morgan fingerprint density at radius 1 is 0.968 bits per heavy atom. The van der Waals surface area contributed by atoms with Crippen LogP contribution in [0.3, 0.4) is 0 Å². The van der Waals surface area contributed by atoms with Gasteiger partial charge in [-0.15, -0.1) is 0 Å². The fourth-order valence-electron chi connectivity index (χ4n) is 3.27. The Kier molecular flexibility index (Phi) is 5.93. The van der Waals surface area contributed by atoms with Gasteiger partial charge in [0.25, 0.3) is 5.56 Å². The molecule has 0 bridgehead atoms. The molecule has 4 rings (SSSR count). The molecule has 4 aromatic rings. The van der Waals surface area contributed by atoms with E-state index in [1.165, 1.54) is 0 Å². The Hall–Kier alpha value is -4.13. The Morgan fingerprint density at radius 3 is 2.42 bits per heavy atom. The summed E-state index contributed by atoms with van der Waals surface area (Å²) in [5, 5.41) is 3.41. The summed E-state index contributed by atoms with van der Waals surface area (Å²) in [5.41, 5.74) is 1.97. The van der Waals surface area contributed by atoms with Gasteiger partial charge in [-0.05, 0) is 42.0 Å². The highest BCUT2D eigenvalue weighted by atomic mass is 16.5. The third-order valence-corrected chi connectivity index (χ3v) is 4.85. The summed E-state index contributed by atoms with van der Waals surface area (Å²) in [6, 6.07) is 23.6. The number of aromatic amines is 1. The molecule has 2 N–H and O–H groups in total. The zero-order valence-corrected chi connectivity index (χ0v) is 17.0. The largest absolute Gasteiger partial charge is 0.497 e. The Morgan fingerprint density at radius 2 is 1.68 bits per heavy atom. The van der Waals surface area contributed by atoms with Crippen LogP contribution >= 0.6 is 0 Å². The van der Waals surface area contributed by atoms with Crippen LogP contribution in [-0.4, -0.2) is 28.0 Å². The van der Waals surface area contributed by atoms with Crippen molar-refractivity contribution in [3.8, 4) is 5.75 Å². The maximum atomic E-state index is 13.1. The number of methoxy groups -OCH3 is 1. The van der Waals surface area contributed by atoms with E-state index in [1.54, 1.807) is 30.2 Å². The van der Waals surface area contributed by atoms with Crippen molar-refractivity contribution in [3.63, 3.8) is 0 Å². The first-order valence-electron chi connectivity index (χ1n) is 9.84. The van der Waals surface area contributed by atoms with Gasteiger partial charge in [0, 0.05) is 12.2 Å². The van der Waals surface area contributed by atoms with Gasteiger partial charge >= 0.3 is 6.03 Å². The van der Waals surface area contributed by atoms with E-state index in [0.717, 1.165) is 11.3 Å². The standard InChI is InChI=1S/C24H22N4O3/c1-31-19-13-11-17(12-14-19)15-28(24(30)25-18-7-3-2-4-8-18)16-22-26-21-10-6-5-9-20(21)23(29)27-22/h2-14H,15-16H2,1H3,(H,25,30)(H,26,27,29). The van der Waals surface area contributed by atoms with Gasteiger partial charge in [0.2, 0.25) is 0 Å². The number of ether oxygens (including phenoxy) is 1. The number of carbonyl (C=O) groups excluding carboxylic acids is 1. The van der Waals surface area contributed by atoms with E-state index >= 15 is 0 Å². The number of hydrogen-bond donors (Lipinski definition) is 2. The molecule has 31 heavy (non-hydrogen) atoms. The number of nitrogens with zero attached hydrogens (tertiary/aromatic N) is 2. The van der Waals surface area contributed by atoms with E-state index in [-0.39, 0.29) is 18.1 Å². The van der Waals surface area contributed by atoms with E-state index in [2.05, 4.69) is 15.3 Å². The molecule has 0 spiro atoms. The van der Waals surface area contributed by atoms with Crippen LogP contribution in [0.15, 0.2) is 83.7 Å². The molecule has 0 aliphatic carbocycles. The number of urea groups is 1. The number of benzene rings is 3. The zero-order chi connectivity index (χ0) is 21.6. The smallest absolute Gasteiger partial charge is 0.322 e. The molecule has 0 fully saturated rings. The first-order chi connectivity index (χ1) is 15.1. The minimum Gasteiger partial charge on any atom is -0.497 e. The van der Waals surface area contributed by atoms with Gasteiger partial charge in [-0.2, -0.15) is 0 Å². The normalized spacial score (nSPS) is 10.6. The van der Waals surface area contributed by atoms with Crippen LogP contribution in [0.4, 0.5) is 10.5 Å². The number of aromatic nitrogens is 2. The SMILES string of the molecule is COc1ccc(CN(Cc2nc3ccccc3c(=O)[nH]2)C(=O)Nc2ccccc2)cc1. The topological polar surface area (TPSA) is 87.3 Å². The van der Waals surface area contributed by atoms with Gasteiger partial charge in [-0.3, -0.25) is 4.79 Å². The number of anilines is 1. The number of hydrogen-bond acceptors (Lipinski definition) is 4. The van der Waals surface area contributed by atoms with Crippen molar-refractivity contribution < 1.29 is 9.53 Å². The monoisotopic (exact) mass is 414 g/mol. The van der Waals surface area contributed by atoms with Crippen LogP contribution in [-0.2, 0) is 13.1 Å². The summed E-state index contributed by atoms with van der Waals surface area (Å²) in [4.78, 5) is 34.4. The molecule has 1 heterocycles. The third kappa shape index (κ3) is 4.90. The predicted octanol–water partition coefficient (Wildman–Crippen LogP) is 4.17. The minimum atomic E-state index is -0.294. The Labute approximate surface area is 179 Å². The second-order valence-electron chi connectivity index (χ2n) is 7.03. The number of amides is 2. The molecule has 0 atom stereocenters. The molecule has 3 aromatic carbocycles. The van der Waals surface area contributed by atoms with Crippen LogP contribution in [0, 0.1) is 0 Å². The van der Waals surface area contributed by atoms with E-state index in [4.69, 9.17) is 4.74 Å². The highest BCUT2D eigenvalue weighted by Gasteiger charge is 2.17. The molecule has 0 aliphatic heterocycles. The van der Waals surface area contributed by atoms with Crippen molar-refractivity contribution in [3.05, 3.63) is 101 Å². The summed E-state index contributed by atoms with van der Waals surface area (Å²) in [7, 11) is 1.61. The van der Waals surface area contributed by atoms with Crippen LogP contribution in [0.2, 0.25) is 0 Å². The Balaban J connectivity index is 1.62. The highest BCUT2D eigenvalue weighted by molar-refractivity contribution is 5.89. The molecule has 0 saturated carbocycles. The minimum absolute atomic E-state index is 0.144. The molecule has 7 heteroatoms. The van der Waals surface area contributed by atoms with Gasteiger partial charge < -0.3 is 19.9 Å². The van der Waals surface area contributed by atoms with Gasteiger partial charge in [0.05, 0.1) is 24.6 Å². The van der Waals surface area contributed by atoms with E-state index in [1.807, 2.05) is 60.7 Å². The maximum absolute atomic E-state index is 13.1. The lowest BCUT2D eigenvalue weighted by molar-refractivity contribution is 0.205. The molecule has 0 unspecified atom stereocenters. The summed E-state index contributed by atoms with van der Waals surface area (Å²) in [6.45, 7) is 0.476. The van der Waals surface area contributed by atoms with Crippen LogP contribution in [0.5, 0.6) is 5.75 Å². The predicted molar refractivity (Wildman–Crippen MR) is 120 cm³/mol. The second-order valence-corrected chi connectivity index (χ2v) is 7.03. The third-order valence-electron chi connectivity index (χ3n) is 4.85. The lowest BCUT2D eigenvalue weighted by Gasteiger charge is -2.23. The molecule has 1 aromatic heterocycles. The van der Waals surface area contributed by atoms with E-state index in [9.17, 15) is 9.59 Å². The van der Waals surface area contributed by atoms with Gasteiger partial charge in [0.1, 0.15) is 11.6 Å². The van der Waals surface area contributed by atoms with Crippen LogP contribution in [0.1, 0.15) is 11.4 Å². The van der Waals surface area contributed by atoms with Crippen LogP contribution < -0.4 is 15.6 Å². The first-order valence-corrected chi connectivity index (χ1v) is 9.84. The quantitative estimate of drug-likeness (QED) is 0.496. The summed E-state index contributed by atoms with van der Waals surface area (Å²) in [5.74, 6) is 1.16. The van der Waals surface area contributed by atoms with Gasteiger partial charge in [-0.25, -0.2) is 9.78 Å². The number of nitrogens with one attached hydrogen (secondary N) is 2. The molecule has 2 amide bonds. The fourth-order valence-corrected chi connectivity index (χ4v) is 3.27. The summed E-state index contributed by atoms with van der Waals surface area (Å²) >= 11 is 0. The van der Waals surface area contributed by atoms with Crippen molar-refractivity contribution in [2.24, 2.45) is 0 Å². The fraction of sp³-hybridized carbons (Fsp3) is 0.125. The second kappa shape index (κ2) is 9.13. The number of rotatable bonds is 6. The average molecular weight is 414 g/mol. The number of fused-ring (bicyclic) bond motifs is 1. The van der Waals surface area contributed by atoms with E-state index in [0.29, 0.717) is 29.0 Å². The molecule has 7 nitrogen and oxygen atoms in total. The molecular weight excluding hydrogens is 392 g/mol. The van der Waals surface area contributed by atoms with Crippen molar-refractivity contribution >= 4 is 22.6 Å². The van der Waals surface area contributed by atoms with Gasteiger partial charge in [0.15, 0.2) is 0 Å². The van der Waals surface area contributed by atoms with Crippen molar-refractivity contribution in [2.75, 3.05) is 12.4 Å². The van der Waals surface area contributed by atoms with Gasteiger partial charge in [-0.1, -0.05) is 42.5 Å². The molecule has 0 aliphatic rings. The highest BCUT2D eigenvalue weighted by Crippen LogP contribution is 2.16. The Bertz CT molecular complexity index is 1240. The summed E-state index contributed by atoms with van der Waals surface area (Å²) in [6.07, 6.45) is 0. The van der Waals surface area contributed by atoms with Crippen molar-refractivity contribution in [2.45, 2.75) is 13.1 Å². The first kappa shape index (κ1) is 20.2. The molecule has 0 saturated heterocycles. The van der Waals surface area contributed by atoms with Crippen molar-refractivity contribution in [1.82, 2.24) is 14.9 Å². The zero-order valence-electron chi connectivity index (χ0n) is 17.0. The summed E-state index contributed by atoms with van der Waals surface area (Å²) < 4.78 is 5.21. The lowest BCUT2D eigenvalue weighted by Crippen LogP contribution is -2.35. The lowest BCUT2D eigenvalue weighted by atomic mass is 10.2. The molecular formula is C24H22N4O3. The molecule has 156 valence electrons. The maximum Gasteiger partial charge on any atom is 0.322 e. The van der Waals surface area contributed by atoms with E-state index < -0.39 is 0 Å². The average Bonchev–Trinajstić information content (AvgIpc) is 2.80. The van der Waals surface area contributed by atoms with Crippen LogP contribution in [0.25, 0.3) is 10.9 Å². The number of para-hydroxylation sites is 2. The molecule has 0 radical (unpaired) electrons. The number of carbonyl (C=O) groups is 1.